The normalized spacial score (nSPS) is 9.75. The second kappa shape index (κ2) is 2.57. The van der Waals surface area contributed by atoms with Gasteiger partial charge in [0.2, 0.25) is 0 Å². The minimum absolute atomic E-state index is 0.595. The van der Waals surface area contributed by atoms with Crippen LogP contribution < -0.4 is 0 Å². The van der Waals surface area contributed by atoms with Crippen molar-refractivity contribution in [1.29, 1.82) is 0 Å². The van der Waals surface area contributed by atoms with Crippen LogP contribution in [0.2, 0.25) is 0 Å². The van der Waals surface area contributed by atoms with Gasteiger partial charge in [-0.2, -0.15) is 4.68 Å². The Labute approximate surface area is 65.7 Å². The van der Waals surface area contributed by atoms with Crippen LogP contribution in [0.4, 0.5) is 11.5 Å². The molecular formula is C4H4N4O4. The molecule has 64 valence electrons. The molecule has 0 amide bonds. The molecule has 0 radical (unpaired) electrons. The summed E-state index contributed by atoms with van der Waals surface area (Å²) in [4.78, 5) is 18.6. The maximum Gasteiger partial charge on any atom is 0.467 e. The van der Waals surface area contributed by atoms with Gasteiger partial charge in [-0.25, -0.2) is 0 Å². The predicted molar refractivity (Wildman–Crippen MR) is 36.5 cm³/mol. The molecule has 0 atom stereocenters. The number of rotatable bonds is 2. The molecule has 0 spiro atoms. The van der Waals surface area contributed by atoms with E-state index in [4.69, 9.17) is 0 Å². The van der Waals surface area contributed by atoms with Crippen molar-refractivity contribution in [2.24, 2.45) is 7.05 Å². The molecule has 8 heteroatoms. The Morgan fingerprint density at radius 2 is 2.00 bits per heavy atom. The van der Waals surface area contributed by atoms with Crippen LogP contribution in [0, 0.1) is 20.2 Å². The van der Waals surface area contributed by atoms with Gasteiger partial charge >= 0.3 is 11.5 Å². The molecule has 0 aliphatic heterocycles. The van der Waals surface area contributed by atoms with Gasteiger partial charge in [-0.15, -0.1) is 0 Å². The average Bonchev–Trinajstić information content (AvgIpc) is 2.31. The Kier molecular flexibility index (Phi) is 1.73. The highest BCUT2D eigenvalue weighted by atomic mass is 16.6. The van der Waals surface area contributed by atoms with Gasteiger partial charge < -0.3 is 10.1 Å². The van der Waals surface area contributed by atoms with Crippen molar-refractivity contribution in [1.82, 2.24) is 9.78 Å². The molecule has 0 aromatic carbocycles. The lowest BCUT2D eigenvalue weighted by molar-refractivity contribution is -0.424. The van der Waals surface area contributed by atoms with Gasteiger partial charge in [0, 0.05) is 0 Å². The van der Waals surface area contributed by atoms with Gasteiger partial charge in [0.15, 0.2) is 0 Å². The summed E-state index contributed by atoms with van der Waals surface area (Å²) in [5.74, 6) is -0.734. The number of nitrogens with zero attached hydrogens (tertiary/aromatic N) is 4. The Morgan fingerprint density at radius 1 is 1.42 bits per heavy atom. The van der Waals surface area contributed by atoms with E-state index in [1.54, 1.807) is 0 Å². The molecule has 8 nitrogen and oxygen atoms in total. The predicted octanol–water partition coefficient (Wildman–Crippen LogP) is 0.236. The summed E-state index contributed by atoms with van der Waals surface area (Å²) < 4.78 is 1.02. The second-order valence-electron chi connectivity index (χ2n) is 2.03. The Balaban J connectivity index is 3.26. The molecule has 1 aromatic rings. The van der Waals surface area contributed by atoms with Crippen molar-refractivity contribution in [3.63, 3.8) is 0 Å². The molecule has 0 saturated carbocycles. The molecule has 0 N–H and O–H groups in total. The number of aryl methyl sites for hydroxylation is 1. The van der Waals surface area contributed by atoms with E-state index in [1.807, 2.05) is 0 Å². The fourth-order valence-corrected chi connectivity index (χ4v) is 0.723. The molecule has 0 unspecified atom stereocenters. The fraction of sp³-hybridized carbons (Fsp3) is 0.250. The van der Waals surface area contributed by atoms with Crippen molar-refractivity contribution >= 4 is 11.5 Å². The van der Waals surface area contributed by atoms with Crippen molar-refractivity contribution < 1.29 is 9.85 Å². The lowest BCUT2D eigenvalue weighted by Gasteiger charge is -1.85. The van der Waals surface area contributed by atoms with Crippen LogP contribution in [0.25, 0.3) is 0 Å². The van der Waals surface area contributed by atoms with Crippen LogP contribution in [0.3, 0.4) is 0 Å². The van der Waals surface area contributed by atoms with Gasteiger partial charge in [0.25, 0.3) is 0 Å². The topological polar surface area (TPSA) is 104 Å². The van der Waals surface area contributed by atoms with Crippen LogP contribution >= 0.6 is 0 Å². The van der Waals surface area contributed by atoms with Gasteiger partial charge in [-0.3, -0.25) is 10.1 Å². The molecule has 1 aromatic heterocycles. The average molecular weight is 172 g/mol. The van der Waals surface area contributed by atoms with Crippen molar-refractivity contribution in [3.05, 3.63) is 26.4 Å². The summed E-state index contributed by atoms with van der Waals surface area (Å²) in [6.45, 7) is 0. The summed E-state index contributed by atoms with van der Waals surface area (Å²) in [5, 5.41) is 23.7. The maximum atomic E-state index is 10.2. The second-order valence-corrected chi connectivity index (χ2v) is 2.03. The van der Waals surface area contributed by atoms with E-state index >= 15 is 0 Å². The van der Waals surface area contributed by atoms with Crippen LogP contribution in [0.1, 0.15) is 0 Å². The molecule has 0 bridgehead atoms. The van der Waals surface area contributed by atoms with E-state index in [-0.39, 0.29) is 0 Å². The molecule has 0 aliphatic rings. The number of hydrogen-bond donors (Lipinski definition) is 0. The van der Waals surface area contributed by atoms with Gasteiger partial charge in [0.1, 0.15) is 6.20 Å². The van der Waals surface area contributed by atoms with Gasteiger partial charge in [-0.05, 0) is 4.92 Å². The monoisotopic (exact) mass is 172 g/mol. The van der Waals surface area contributed by atoms with E-state index in [9.17, 15) is 20.2 Å². The van der Waals surface area contributed by atoms with Crippen LogP contribution in [-0.4, -0.2) is 19.6 Å². The Bertz CT molecular complexity index is 311. The standard InChI is InChI=1S/C4H4N4O4/c1-6-2-3(7(9)10)4(5-6)8(11)12/h2H,1H3. The highest BCUT2D eigenvalue weighted by molar-refractivity contribution is 5.44. The maximum absolute atomic E-state index is 10.2. The molecule has 0 fully saturated rings. The highest BCUT2D eigenvalue weighted by Crippen LogP contribution is 2.22. The quantitative estimate of drug-likeness (QED) is 0.469. The third-order valence-electron chi connectivity index (χ3n) is 1.16. The largest absolute Gasteiger partial charge is 0.467 e. The summed E-state index contributed by atoms with van der Waals surface area (Å²) in [5.41, 5.74) is -0.595. The van der Waals surface area contributed by atoms with Gasteiger partial charge in [-0.1, -0.05) is 0 Å². The van der Waals surface area contributed by atoms with Crippen molar-refractivity contribution in [2.75, 3.05) is 0 Å². The summed E-state index contributed by atoms with van der Waals surface area (Å²) in [6.07, 6.45) is 0.984. The fourth-order valence-electron chi connectivity index (χ4n) is 0.723. The number of nitro groups is 2. The van der Waals surface area contributed by atoms with E-state index < -0.39 is 21.4 Å². The molecular weight excluding hydrogens is 168 g/mol. The lowest BCUT2D eigenvalue weighted by Crippen LogP contribution is -1.94. The smallest absolute Gasteiger partial charge is 0.358 e. The number of hydrogen-bond acceptors (Lipinski definition) is 5. The molecule has 1 heterocycles. The minimum atomic E-state index is -0.891. The molecule has 12 heavy (non-hydrogen) atoms. The molecule has 1 rings (SSSR count). The van der Waals surface area contributed by atoms with E-state index in [0.717, 1.165) is 10.9 Å². The van der Waals surface area contributed by atoms with Gasteiger partial charge in [0.05, 0.1) is 17.1 Å². The zero-order valence-electron chi connectivity index (χ0n) is 6.00. The van der Waals surface area contributed by atoms with Crippen LogP contribution in [0.5, 0.6) is 0 Å². The first-order valence-electron chi connectivity index (χ1n) is 2.85. The van der Waals surface area contributed by atoms with Crippen molar-refractivity contribution in [3.8, 4) is 0 Å². The third kappa shape index (κ3) is 1.21. The minimum Gasteiger partial charge on any atom is -0.358 e. The van der Waals surface area contributed by atoms with E-state index in [1.165, 1.54) is 7.05 Å². The molecule has 0 saturated heterocycles. The van der Waals surface area contributed by atoms with Crippen LogP contribution in [0.15, 0.2) is 6.20 Å². The first kappa shape index (κ1) is 8.11. The first-order chi connectivity index (χ1) is 5.52. The molecule has 0 aliphatic carbocycles. The van der Waals surface area contributed by atoms with Crippen LogP contribution in [-0.2, 0) is 7.05 Å². The van der Waals surface area contributed by atoms with E-state index in [2.05, 4.69) is 5.10 Å². The zero-order valence-corrected chi connectivity index (χ0v) is 6.00. The zero-order chi connectivity index (χ0) is 9.30. The van der Waals surface area contributed by atoms with Crippen molar-refractivity contribution in [2.45, 2.75) is 0 Å². The summed E-state index contributed by atoms with van der Waals surface area (Å²) >= 11 is 0. The summed E-state index contributed by atoms with van der Waals surface area (Å²) in [7, 11) is 1.38. The lowest BCUT2D eigenvalue weighted by atomic mass is 10.5. The third-order valence-corrected chi connectivity index (χ3v) is 1.16. The van der Waals surface area contributed by atoms with E-state index in [0.29, 0.717) is 0 Å². The highest BCUT2D eigenvalue weighted by Gasteiger charge is 2.29. The Hall–Kier alpha value is -1.99. The summed E-state index contributed by atoms with van der Waals surface area (Å²) in [6, 6.07) is 0. The SMILES string of the molecule is Cn1cc([N+](=O)[O-])c([N+](=O)[O-])n1. The Morgan fingerprint density at radius 3 is 2.33 bits per heavy atom. The number of aromatic nitrogens is 2. The first-order valence-corrected chi connectivity index (χ1v) is 2.85.